The molecule has 0 spiro atoms. The lowest BCUT2D eigenvalue weighted by Crippen LogP contribution is -2.46. The Morgan fingerprint density at radius 1 is 1.05 bits per heavy atom. The van der Waals surface area contributed by atoms with Gasteiger partial charge in [-0.15, -0.1) is 0 Å². The van der Waals surface area contributed by atoms with Crippen molar-refractivity contribution in [1.29, 1.82) is 0 Å². The summed E-state index contributed by atoms with van der Waals surface area (Å²) in [6, 6.07) is 17.6. The number of hydrogen-bond acceptors (Lipinski definition) is 2. The fourth-order valence-electron chi connectivity index (χ4n) is 3.08. The van der Waals surface area contributed by atoms with Gasteiger partial charge < -0.3 is 9.64 Å². The molecule has 0 fully saturated rings. The Bertz CT molecular complexity index is 638. The molecule has 2 aromatic carbocycles. The van der Waals surface area contributed by atoms with Gasteiger partial charge in [-0.05, 0) is 13.0 Å². The largest absolute Gasteiger partial charge is 0.350 e. The van der Waals surface area contributed by atoms with E-state index in [0.717, 1.165) is 16.7 Å². The zero-order valence-electron chi connectivity index (χ0n) is 11.7. The molecular weight excluding hydrogens is 250 g/mol. The highest BCUT2D eigenvalue weighted by Gasteiger charge is 2.50. The molecule has 102 valence electrons. The molecule has 3 heteroatoms. The van der Waals surface area contributed by atoms with E-state index in [4.69, 9.17) is 4.74 Å². The van der Waals surface area contributed by atoms with E-state index >= 15 is 0 Å². The van der Waals surface area contributed by atoms with Crippen molar-refractivity contribution in [3.05, 3.63) is 71.3 Å². The van der Waals surface area contributed by atoms with Crippen molar-refractivity contribution in [2.24, 2.45) is 0 Å². The van der Waals surface area contributed by atoms with Crippen molar-refractivity contribution in [2.75, 3.05) is 13.7 Å². The van der Waals surface area contributed by atoms with Crippen molar-refractivity contribution >= 4 is 5.91 Å². The first kappa shape index (κ1) is 12.9. The zero-order valence-corrected chi connectivity index (χ0v) is 11.7. The van der Waals surface area contributed by atoms with E-state index in [0.29, 0.717) is 6.54 Å². The minimum Gasteiger partial charge on any atom is -0.350 e. The molecule has 1 unspecified atom stereocenters. The predicted molar refractivity (Wildman–Crippen MR) is 77.4 cm³/mol. The number of methoxy groups -OCH3 is 1. The van der Waals surface area contributed by atoms with Crippen LogP contribution in [0.4, 0.5) is 0 Å². The fraction of sp³-hybridized carbons (Fsp3) is 0.235. The van der Waals surface area contributed by atoms with Gasteiger partial charge in [0.15, 0.2) is 5.72 Å². The normalized spacial score (nSPS) is 21.1. The van der Waals surface area contributed by atoms with Gasteiger partial charge in [0.1, 0.15) is 0 Å². The van der Waals surface area contributed by atoms with E-state index in [-0.39, 0.29) is 5.91 Å². The first-order valence-corrected chi connectivity index (χ1v) is 6.78. The summed E-state index contributed by atoms with van der Waals surface area (Å²) in [7, 11) is 1.66. The molecule has 3 nitrogen and oxygen atoms in total. The van der Waals surface area contributed by atoms with E-state index in [1.807, 2.05) is 61.5 Å². The number of amides is 1. The van der Waals surface area contributed by atoms with Crippen LogP contribution < -0.4 is 0 Å². The number of rotatable bonds is 3. The minimum atomic E-state index is -0.816. The number of nitrogens with zero attached hydrogens (tertiary/aromatic N) is 1. The van der Waals surface area contributed by atoms with Crippen LogP contribution in [0, 0.1) is 0 Å². The summed E-state index contributed by atoms with van der Waals surface area (Å²) >= 11 is 0. The Kier molecular flexibility index (Phi) is 3.07. The Balaban J connectivity index is 2.30. The summed E-state index contributed by atoms with van der Waals surface area (Å²) in [4.78, 5) is 14.4. The van der Waals surface area contributed by atoms with Gasteiger partial charge in [-0.1, -0.05) is 48.5 Å². The molecule has 1 aliphatic rings. The summed E-state index contributed by atoms with van der Waals surface area (Å²) in [6.45, 7) is 2.57. The SMILES string of the molecule is CCN1C(=O)c2ccccc2C1(OC)c1ccccc1. The summed E-state index contributed by atoms with van der Waals surface area (Å²) in [6.07, 6.45) is 0. The molecule has 1 atom stereocenters. The molecular formula is C17H17NO2. The van der Waals surface area contributed by atoms with E-state index in [1.54, 1.807) is 12.0 Å². The number of fused-ring (bicyclic) bond motifs is 1. The number of ether oxygens (including phenoxy) is 1. The minimum absolute atomic E-state index is 0.0220. The highest BCUT2D eigenvalue weighted by molar-refractivity contribution is 6.00. The number of carbonyl (C=O) groups is 1. The van der Waals surface area contributed by atoms with E-state index in [1.165, 1.54) is 0 Å². The van der Waals surface area contributed by atoms with Crippen LogP contribution in [0.1, 0.15) is 28.4 Å². The average Bonchev–Trinajstić information content (AvgIpc) is 2.77. The smallest absolute Gasteiger partial charge is 0.257 e. The summed E-state index contributed by atoms with van der Waals surface area (Å²) in [5, 5.41) is 0. The van der Waals surface area contributed by atoms with Gasteiger partial charge in [-0.2, -0.15) is 0 Å². The van der Waals surface area contributed by atoms with Crippen LogP contribution in [0.3, 0.4) is 0 Å². The lowest BCUT2D eigenvalue weighted by atomic mass is 9.93. The van der Waals surface area contributed by atoms with Gasteiger partial charge in [0.2, 0.25) is 0 Å². The molecule has 0 saturated heterocycles. The Morgan fingerprint density at radius 2 is 1.70 bits per heavy atom. The van der Waals surface area contributed by atoms with Crippen molar-refractivity contribution in [3.8, 4) is 0 Å². The Hall–Kier alpha value is -2.13. The van der Waals surface area contributed by atoms with Crippen molar-refractivity contribution in [2.45, 2.75) is 12.6 Å². The molecule has 1 aliphatic heterocycles. The molecule has 2 aromatic rings. The maximum atomic E-state index is 12.6. The molecule has 0 bridgehead atoms. The highest BCUT2D eigenvalue weighted by Crippen LogP contribution is 2.44. The van der Waals surface area contributed by atoms with Crippen molar-refractivity contribution < 1.29 is 9.53 Å². The Morgan fingerprint density at radius 3 is 2.35 bits per heavy atom. The molecule has 0 N–H and O–H groups in total. The first-order valence-electron chi connectivity index (χ1n) is 6.78. The number of carbonyl (C=O) groups excluding carboxylic acids is 1. The molecule has 3 rings (SSSR count). The van der Waals surface area contributed by atoms with E-state index in [2.05, 4.69) is 0 Å². The van der Waals surface area contributed by atoms with Crippen molar-refractivity contribution in [3.63, 3.8) is 0 Å². The lowest BCUT2D eigenvalue weighted by Gasteiger charge is -2.37. The van der Waals surface area contributed by atoms with Crippen LogP contribution in [-0.2, 0) is 10.5 Å². The van der Waals surface area contributed by atoms with Crippen LogP contribution in [-0.4, -0.2) is 24.5 Å². The first-order chi connectivity index (χ1) is 9.75. The van der Waals surface area contributed by atoms with Crippen LogP contribution in [0.2, 0.25) is 0 Å². The van der Waals surface area contributed by atoms with Gasteiger partial charge >= 0.3 is 0 Å². The van der Waals surface area contributed by atoms with Gasteiger partial charge in [0.05, 0.1) is 0 Å². The maximum absolute atomic E-state index is 12.6. The highest BCUT2D eigenvalue weighted by atomic mass is 16.5. The maximum Gasteiger partial charge on any atom is 0.257 e. The Labute approximate surface area is 118 Å². The third-order valence-corrected chi connectivity index (χ3v) is 3.92. The number of hydrogen-bond donors (Lipinski definition) is 0. The van der Waals surface area contributed by atoms with Crippen LogP contribution in [0.25, 0.3) is 0 Å². The monoisotopic (exact) mass is 267 g/mol. The predicted octanol–water partition coefficient (Wildman–Crippen LogP) is 3.01. The average molecular weight is 267 g/mol. The molecule has 0 aromatic heterocycles. The van der Waals surface area contributed by atoms with Crippen molar-refractivity contribution in [1.82, 2.24) is 4.90 Å². The van der Waals surface area contributed by atoms with E-state index < -0.39 is 5.72 Å². The topological polar surface area (TPSA) is 29.5 Å². The molecule has 1 heterocycles. The van der Waals surface area contributed by atoms with Gasteiger partial charge in [-0.25, -0.2) is 0 Å². The van der Waals surface area contributed by atoms with Gasteiger partial charge in [-0.3, -0.25) is 4.79 Å². The quantitative estimate of drug-likeness (QED) is 0.855. The lowest BCUT2D eigenvalue weighted by molar-refractivity contribution is -0.0805. The standard InChI is InChI=1S/C17H17NO2/c1-3-18-16(19)14-11-7-8-12-15(14)17(18,20-2)13-9-5-4-6-10-13/h4-12H,3H2,1-2H3. The number of benzene rings is 2. The third-order valence-electron chi connectivity index (χ3n) is 3.92. The fourth-order valence-corrected chi connectivity index (χ4v) is 3.08. The van der Waals surface area contributed by atoms with Crippen LogP contribution >= 0.6 is 0 Å². The van der Waals surface area contributed by atoms with E-state index in [9.17, 15) is 4.79 Å². The summed E-state index contributed by atoms with van der Waals surface area (Å²) < 4.78 is 5.89. The molecule has 0 saturated carbocycles. The second kappa shape index (κ2) is 4.76. The molecule has 1 amide bonds. The third kappa shape index (κ3) is 1.53. The zero-order chi connectivity index (χ0) is 14.2. The molecule has 0 aliphatic carbocycles. The second-order valence-electron chi connectivity index (χ2n) is 4.81. The van der Waals surface area contributed by atoms with Gasteiger partial charge in [0.25, 0.3) is 5.91 Å². The second-order valence-corrected chi connectivity index (χ2v) is 4.81. The molecule has 20 heavy (non-hydrogen) atoms. The summed E-state index contributed by atoms with van der Waals surface area (Å²) in [5.41, 5.74) is 1.80. The van der Waals surface area contributed by atoms with Crippen LogP contribution in [0.15, 0.2) is 54.6 Å². The van der Waals surface area contributed by atoms with Crippen LogP contribution in [0.5, 0.6) is 0 Å². The van der Waals surface area contributed by atoms with Gasteiger partial charge in [0, 0.05) is 30.3 Å². The summed E-state index contributed by atoms with van der Waals surface area (Å²) in [5.74, 6) is 0.0220. The molecule has 0 radical (unpaired) electrons.